The van der Waals surface area contributed by atoms with Gasteiger partial charge in [-0.1, -0.05) is 12.1 Å². The zero-order valence-electron chi connectivity index (χ0n) is 12.1. The van der Waals surface area contributed by atoms with Crippen LogP contribution < -0.4 is 10.6 Å². The van der Waals surface area contributed by atoms with E-state index in [0.717, 1.165) is 0 Å². The molecule has 0 bridgehead atoms. The van der Waals surface area contributed by atoms with Gasteiger partial charge in [-0.3, -0.25) is 0 Å². The maximum Gasteiger partial charge on any atom is 0.158 e. The van der Waals surface area contributed by atoms with Crippen LogP contribution in [0.3, 0.4) is 0 Å². The summed E-state index contributed by atoms with van der Waals surface area (Å²) in [5.74, 6) is 1.89. The molecule has 108 valence electrons. The summed E-state index contributed by atoms with van der Waals surface area (Å²) >= 11 is 0. The molecule has 1 aromatic heterocycles. The number of nitrogens with zero attached hydrogens (tertiary/aromatic N) is 3. The lowest BCUT2D eigenvalue weighted by atomic mass is 10.2. The van der Waals surface area contributed by atoms with Crippen molar-refractivity contribution in [2.45, 2.75) is 13.5 Å². The predicted molar refractivity (Wildman–Crippen MR) is 81.3 cm³/mol. The number of hydrogen-bond donors (Lipinski definition) is 2. The number of hydrogen-bond acceptors (Lipinski definition) is 6. The van der Waals surface area contributed by atoms with Crippen LogP contribution in [0.1, 0.15) is 18.3 Å². The SMILES string of the molecule is CCOCc1nc(NC)cc(Nc2ccccc2C#N)n1. The third-order valence-corrected chi connectivity index (χ3v) is 2.77. The first kappa shape index (κ1) is 14.8. The fraction of sp³-hybridized carbons (Fsp3) is 0.267. The molecule has 6 nitrogen and oxygen atoms in total. The lowest BCUT2D eigenvalue weighted by molar-refractivity contribution is 0.128. The van der Waals surface area contributed by atoms with Gasteiger partial charge in [0.25, 0.3) is 0 Å². The van der Waals surface area contributed by atoms with Gasteiger partial charge in [-0.05, 0) is 19.1 Å². The number of para-hydroxylation sites is 1. The Kier molecular flexibility index (Phi) is 5.07. The standard InChI is InChI=1S/C15H17N5O/c1-3-21-10-15-19-13(17-2)8-14(20-15)18-12-7-5-4-6-11(12)9-16/h4-8H,3,10H2,1-2H3,(H2,17,18,19,20). The van der Waals surface area contributed by atoms with E-state index in [-0.39, 0.29) is 0 Å². The largest absolute Gasteiger partial charge is 0.374 e. The molecule has 0 aliphatic heterocycles. The molecule has 0 saturated carbocycles. The van der Waals surface area contributed by atoms with Crippen molar-refractivity contribution in [1.82, 2.24) is 9.97 Å². The summed E-state index contributed by atoms with van der Waals surface area (Å²) in [6.07, 6.45) is 0. The first-order valence-corrected chi connectivity index (χ1v) is 6.66. The number of rotatable bonds is 6. The second kappa shape index (κ2) is 7.22. The Morgan fingerprint density at radius 2 is 2.00 bits per heavy atom. The molecule has 0 aliphatic rings. The summed E-state index contributed by atoms with van der Waals surface area (Å²) in [4.78, 5) is 8.71. The molecule has 6 heteroatoms. The number of nitriles is 1. The Morgan fingerprint density at radius 3 is 2.71 bits per heavy atom. The Bertz CT molecular complexity index is 651. The zero-order valence-corrected chi connectivity index (χ0v) is 12.1. The lowest BCUT2D eigenvalue weighted by Gasteiger charge is -2.10. The zero-order chi connectivity index (χ0) is 15.1. The van der Waals surface area contributed by atoms with E-state index in [4.69, 9.17) is 10.00 Å². The van der Waals surface area contributed by atoms with Gasteiger partial charge in [0, 0.05) is 19.7 Å². The molecule has 1 heterocycles. The van der Waals surface area contributed by atoms with Crippen LogP contribution in [0.25, 0.3) is 0 Å². The van der Waals surface area contributed by atoms with Gasteiger partial charge < -0.3 is 15.4 Å². The smallest absolute Gasteiger partial charge is 0.158 e. The molecule has 2 rings (SSSR count). The van der Waals surface area contributed by atoms with Gasteiger partial charge in [-0.15, -0.1) is 0 Å². The Morgan fingerprint density at radius 1 is 1.24 bits per heavy atom. The van der Waals surface area contributed by atoms with E-state index in [1.54, 1.807) is 19.2 Å². The second-order valence-electron chi connectivity index (χ2n) is 4.22. The van der Waals surface area contributed by atoms with Crippen molar-refractivity contribution in [2.75, 3.05) is 24.3 Å². The van der Waals surface area contributed by atoms with Gasteiger partial charge in [0.1, 0.15) is 24.3 Å². The van der Waals surface area contributed by atoms with Crippen LogP contribution in [0.15, 0.2) is 30.3 Å². The maximum absolute atomic E-state index is 9.11. The third kappa shape index (κ3) is 3.91. The average Bonchev–Trinajstić information content (AvgIpc) is 2.53. The Hall–Kier alpha value is -2.65. The van der Waals surface area contributed by atoms with Crippen molar-refractivity contribution in [3.05, 3.63) is 41.7 Å². The number of ether oxygens (including phenoxy) is 1. The van der Waals surface area contributed by atoms with Crippen molar-refractivity contribution in [3.63, 3.8) is 0 Å². The van der Waals surface area contributed by atoms with Crippen molar-refractivity contribution in [2.24, 2.45) is 0 Å². The minimum Gasteiger partial charge on any atom is -0.374 e. The summed E-state index contributed by atoms with van der Waals surface area (Å²) < 4.78 is 5.34. The van der Waals surface area contributed by atoms with E-state index in [1.165, 1.54) is 0 Å². The Balaban J connectivity index is 2.28. The number of benzene rings is 1. The first-order chi connectivity index (χ1) is 10.3. The monoisotopic (exact) mass is 283 g/mol. The van der Waals surface area contributed by atoms with Crippen LogP contribution in [0.2, 0.25) is 0 Å². The topological polar surface area (TPSA) is 82.9 Å². The van der Waals surface area contributed by atoms with E-state index >= 15 is 0 Å². The van der Waals surface area contributed by atoms with E-state index in [9.17, 15) is 0 Å². The fourth-order valence-electron chi connectivity index (χ4n) is 1.77. The quantitative estimate of drug-likeness (QED) is 0.848. The van der Waals surface area contributed by atoms with Crippen LogP contribution in [0, 0.1) is 11.3 Å². The molecule has 0 amide bonds. The highest BCUT2D eigenvalue weighted by atomic mass is 16.5. The summed E-state index contributed by atoms with van der Waals surface area (Å²) in [6, 6.07) is 11.2. The molecule has 2 N–H and O–H groups in total. The molecule has 1 aromatic carbocycles. The highest BCUT2D eigenvalue weighted by molar-refractivity contribution is 5.65. The molecule has 0 aliphatic carbocycles. The molecule has 0 fully saturated rings. The molecular formula is C15H17N5O. The van der Waals surface area contributed by atoms with Gasteiger partial charge >= 0.3 is 0 Å². The summed E-state index contributed by atoms with van der Waals surface area (Å²) in [5.41, 5.74) is 1.27. The molecular weight excluding hydrogens is 266 g/mol. The molecule has 0 unspecified atom stereocenters. The van der Waals surface area contributed by atoms with Crippen molar-refractivity contribution in [1.29, 1.82) is 5.26 Å². The van der Waals surface area contributed by atoms with Crippen LogP contribution in [-0.2, 0) is 11.3 Å². The number of nitrogens with one attached hydrogen (secondary N) is 2. The fourth-order valence-corrected chi connectivity index (χ4v) is 1.77. The second-order valence-corrected chi connectivity index (χ2v) is 4.22. The van der Waals surface area contributed by atoms with Crippen LogP contribution >= 0.6 is 0 Å². The number of aromatic nitrogens is 2. The summed E-state index contributed by atoms with van der Waals surface area (Å²) in [5, 5.41) is 15.2. The molecule has 2 aromatic rings. The van der Waals surface area contributed by atoms with Gasteiger partial charge in [0.05, 0.1) is 11.3 Å². The summed E-state index contributed by atoms with van der Waals surface area (Å²) in [7, 11) is 1.79. The van der Waals surface area contributed by atoms with E-state index in [2.05, 4.69) is 26.7 Å². The highest BCUT2D eigenvalue weighted by Gasteiger charge is 2.06. The highest BCUT2D eigenvalue weighted by Crippen LogP contribution is 2.20. The van der Waals surface area contributed by atoms with Gasteiger partial charge in [0.15, 0.2) is 5.82 Å². The minimum atomic E-state index is 0.348. The third-order valence-electron chi connectivity index (χ3n) is 2.77. The predicted octanol–water partition coefficient (Wildman–Crippen LogP) is 2.67. The van der Waals surface area contributed by atoms with Crippen LogP contribution in [0.4, 0.5) is 17.3 Å². The van der Waals surface area contributed by atoms with Gasteiger partial charge in [-0.2, -0.15) is 5.26 Å². The molecule has 0 atom stereocenters. The van der Waals surface area contributed by atoms with E-state index in [1.807, 2.05) is 25.1 Å². The maximum atomic E-state index is 9.11. The normalized spacial score (nSPS) is 9.95. The lowest BCUT2D eigenvalue weighted by Crippen LogP contribution is -2.06. The number of anilines is 3. The van der Waals surface area contributed by atoms with Crippen LogP contribution in [-0.4, -0.2) is 23.6 Å². The van der Waals surface area contributed by atoms with Gasteiger partial charge in [0.2, 0.25) is 0 Å². The van der Waals surface area contributed by atoms with Gasteiger partial charge in [-0.25, -0.2) is 9.97 Å². The van der Waals surface area contributed by atoms with E-state index in [0.29, 0.717) is 41.9 Å². The molecule has 0 spiro atoms. The molecule has 0 saturated heterocycles. The minimum absolute atomic E-state index is 0.348. The van der Waals surface area contributed by atoms with Crippen LogP contribution in [0.5, 0.6) is 0 Å². The average molecular weight is 283 g/mol. The summed E-state index contributed by atoms with van der Waals surface area (Å²) in [6.45, 7) is 2.87. The first-order valence-electron chi connectivity index (χ1n) is 6.66. The van der Waals surface area contributed by atoms with E-state index < -0.39 is 0 Å². The molecule has 21 heavy (non-hydrogen) atoms. The molecule has 0 radical (unpaired) electrons. The van der Waals surface area contributed by atoms with Crippen molar-refractivity contribution >= 4 is 17.3 Å². The van der Waals surface area contributed by atoms with Crippen molar-refractivity contribution in [3.8, 4) is 6.07 Å². The Labute approximate surface area is 123 Å². The van der Waals surface area contributed by atoms with Crippen molar-refractivity contribution < 1.29 is 4.74 Å².